The maximum Gasteiger partial charge on any atom is 0.277 e. The van der Waals surface area contributed by atoms with Crippen molar-refractivity contribution in [1.29, 1.82) is 0 Å². The predicted octanol–water partition coefficient (Wildman–Crippen LogP) is 2.75. The van der Waals surface area contributed by atoms with E-state index in [1.807, 2.05) is 31.2 Å². The summed E-state index contributed by atoms with van der Waals surface area (Å²) in [6.45, 7) is 2.22. The van der Waals surface area contributed by atoms with Crippen LogP contribution in [-0.2, 0) is 4.79 Å². The van der Waals surface area contributed by atoms with Crippen LogP contribution < -0.4 is 14.9 Å². The average Bonchev–Trinajstić information content (AvgIpc) is 2.56. The minimum atomic E-state index is -0.417. The molecule has 0 saturated heterocycles. The number of hydrogen-bond donors (Lipinski definition) is 1. The van der Waals surface area contributed by atoms with Gasteiger partial charge in [0.05, 0.1) is 12.8 Å². The van der Waals surface area contributed by atoms with E-state index in [2.05, 4.69) is 10.5 Å². The Balaban J connectivity index is 1.83. The molecule has 0 fully saturated rings. The zero-order valence-electron chi connectivity index (χ0n) is 12.7. The molecule has 6 heteroatoms. The number of carbonyl (C=O) groups is 1. The Morgan fingerprint density at radius 3 is 2.65 bits per heavy atom. The fourth-order valence-corrected chi connectivity index (χ4v) is 1.76. The van der Waals surface area contributed by atoms with E-state index in [0.717, 1.165) is 5.56 Å². The summed E-state index contributed by atoms with van der Waals surface area (Å²) in [6.07, 6.45) is 1.50. The molecule has 23 heavy (non-hydrogen) atoms. The molecule has 0 aliphatic carbocycles. The van der Waals surface area contributed by atoms with Gasteiger partial charge in [-0.2, -0.15) is 5.10 Å². The molecule has 2 aromatic carbocycles. The molecule has 0 aliphatic rings. The Kier molecular flexibility index (Phi) is 6.11. The van der Waals surface area contributed by atoms with Crippen LogP contribution in [0, 0.1) is 5.82 Å². The third-order valence-electron chi connectivity index (χ3n) is 2.80. The van der Waals surface area contributed by atoms with Crippen LogP contribution in [0.4, 0.5) is 4.39 Å². The number of nitrogens with zero attached hydrogens (tertiary/aromatic N) is 1. The zero-order chi connectivity index (χ0) is 16.5. The molecule has 0 unspecified atom stereocenters. The fourth-order valence-electron chi connectivity index (χ4n) is 1.76. The van der Waals surface area contributed by atoms with Crippen molar-refractivity contribution in [2.75, 3.05) is 13.2 Å². The lowest BCUT2D eigenvalue weighted by Gasteiger charge is -2.06. The molecule has 2 aromatic rings. The fraction of sp³-hybridized carbons (Fsp3) is 0.176. The van der Waals surface area contributed by atoms with Crippen LogP contribution in [0.15, 0.2) is 53.6 Å². The molecule has 0 atom stereocenters. The van der Waals surface area contributed by atoms with Gasteiger partial charge in [0.1, 0.15) is 17.3 Å². The number of carbonyl (C=O) groups excluding carboxylic acids is 1. The Morgan fingerprint density at radius 2 is 1.91 bits per heavy atom. The van der Waals surface area contributed by atoms with Crippen LogP contribution in [0.3, 0.4) is 0 Å². The van der Waals surface area contributed by atoms with Gasteiger partial charge in [-0.3, -0.25) is 4.79 Å². The first-order valence-electron chi connectivity index (χ1n) is 7.11. The lowest BCUT2D eigenvalue weighted by Crippen LogP contribution is -2.24. The van der Waals surface area contributed by atoms with Crippen molar-refractivity contribution < 1.29 is 18.7 Å². The van der Waals surface area contributed by atoms with Crippen molar-refractivity contribution >= 4 is 12.1 Å². The highest BCUT2D eigenvalue weighted by Gasteiger charge is 2.02. The first-order chi connectivity index (χ1) is 11.2. The van der Waals surface area contributed by atoms with Crippen molar-refractivity contribution in [3.63, 3.8) is 0 Å². The highest BCUT2D eigenvalue weighted by atomic mass is 19.1. The van der Waals surface area contributed by atoms with Gasteiger partial charge in [0.25, 0.3) is 5.91 Å². The lowest BCUT2D eigenvalue weighted by atomic mass is 10.2. The zero-order valence-corrected chi connectivity index (χ0v) is 12.7. The molecule has 0 heterocycles. The summed E-state index contributed by atoms with van der Waals surface area (Å²) in [5.41, 5.74) is 3.12. The number of hydrazone groups is 1. The minimum Gasteiger partial charge on any atom is -0.493 e. The maximum atomic E-state index is 12.7. The van der Waals surface area contributed by atoms with Crippen LogP contribution in [0.2, 0.25) is 0 Å². The first kappa shape index (κ1) is 16.5. The van der Waals surface area contributed by atoms with E-state index in [0.29, 0.717) is 18.1 Å². The highest BCUT2D eigenvalue weighted by molar-refractivity contribution is 5.85. The van der Waals surface area contributed by atoms with E-state index in [1.165, 1.54) is 30.5 Å². The van der Waals surface area contributed by atoms with Gasteiger partial charge >= 0.3 is 0 Å². The van der Waals surface area contributed by atoms with Crippen LogP contribution in [-0.4, -0.2) is 25.3 Å². The molecule has 0 saturated carbocycles. The number of nitrogens with one attached hydrogen (secondary N) is 1. The third-order valence-corrected chi connectivity index (χ3v) is 2.80. The monoisotopic (exact) mass is 316 g/mol. The third kappa shape index (κ3) is 5.43. The van der Waals surface area contributed by atoms with Gasteiger partial charge in [-0.05, 0) is 43.3 Å². The molecule has 2 rings (SSSR count). The molecule has 1 N–H and O–H groups in total. The number of benzene rings is 2. The second kappa shape index (κ2) is 8.53. The van der Waals surface area contributed by atoms with Crippen LogP contribution in [0.5, 0.6) is 11.5 Å². The summed E-state index contributed by atoms with van der Waals surface area (Å²) in [5.74, 6) is 0.321. The Bertz CT molecular complexity index is 672. The highest BCUT2D eigenvalue weighted by Crippen LogP contribution is 2.15. The summed E-state index contributed by atoms with van der Waals surface area (Å²) in [6, 6.07) is 12.8. The summed E-state index contributed by atoms with van der Waals surface area (Å²) in [7, 11) is 0. The number of para-hydroxylation sites is 1. The number of hydrogen-bond acceptors (Lipinski definition) is 4. The second-order valence-corrected chi connectivity index (χ2v) is 4.51. The van der Waals surface area contributed by atoms with Crippen molar-refractivity contribution in [1.82, 2.24) is 5.43 Å². The standard InChI is InChI=1S/C17H17FN2O3/c1-2-22-16-6-4-3-5-13(16)11-19-20-17(21)12-23-15-9-7-14(18)8-10-15/h3-11H,2,12H2,1H3,(H,20,21)/b19-11-. The molecular weight excluding hydrogens is 299 g/mol. The summed E-state index contributed by atoms with van der Waals surface area (Å²) in [4.78, 5) is 11.6. The van der Waals surface area contributed by atoms with Gasteiger partial charge in [-0.1, -0.05) is 12.1 Å². The molecule has 5 nitrogen and oxygen atoms in total. The van der Waals surface area contributed by atoms with E-state index >= 15 is 0 Å². The van der Waals surface area contributed by atoms with E-state index in [-0.39, 0.29) is 12.4 Å². The Morgan fingerprint density at radius 1 is 1.17 bits per heavy atom. The topological polar surface area (TPSA) is 59.9 Å². The van der Waals surface area contributed by atoms with Crippen LogP contribution in [0.1, 0.15) is 12.5 Å². The number of halogens is 1. The number of amides is 1. The molecule has 0 aliphatic heterocycles. The summed E-state index contributed by atoms with van der Waals surface area (Å²) >= 11 is 0. The smallest absolute Gasteiger partial charge is 0.277 e. The van der Waals surface area contributed by atoms with Crippen LogP contribution in [0.25, 0.3) is 0 Å². The molecule has 1 amide bonds. The van der Waals surface area contributed by atoms with Gasteiger partial charge in [0.15, 0.2) is 6.61 Å². The molecule has 0 spiro atoms. The van der Waals surface area contributed by atoms with Gasteiger partial charge < -0.3 is 9.47 Å². The number of ether oxygens (including phenoxy) is 2. The van der Waals surface area contributed by atoms with E-state index in [1.54, 1.807) is 0 Å². The van der Waals surface area contributed by atoms with E-state index < -0.39 is 5.91 Å². The van der Waals surface area contributed by atoms with Crippen molar-refractivity contribution in [2.24, 2.45) is 5.10 Å². The Labute approximate surface area is 133 Å². The molecular formula is C17H17FN2O3. The maximum absolute atomic E-state index is 12.7. The Hall–Kier alpha value is -2.89. The second-order valence-electron chi connectivity index (χ2n) is 4.51. The molecule has 120 valence electrons. The quantitative estimate of drug-likeness (QED) is 0.631. The summed E-state index contributed by atoms with van der Waals surface area (Å²) in [5, 5.41) is 3.87. The first-order valence-corrected chi connectivity index (χ1v) is 7.11. The largest absolute Gasteiger partial charge is 0.493 e. The van der Waals surface area contributed by atoms with Gasteiger partial charge in [0, 0.05) is 5.56 Å². The SMILES string of the molecule is CCOc1ccccc1/C=N\NC(=O)COc1ccc(F)cc1. The normalized spacial score (nSPS) is 10.5. The predicted molar refractivity (Wildman–Crippen MR) is 85.2 cm³/mol. The molecule has 0 aromatic heterocycles. The molecule has 0 radical (unpaired) electrons. The lowest BCUT2D eigenvalue weighted by molar-refractivity contribution is -0.123. The van der Waals surface area contributed by atoms with Crippen molar-refractivity contribution in [2.45, 2.75) is 6.92 Å². The van der Waals surface area contributed by atoms with Gasteiger partial charge in [-0.25, -0.2) is 9.82 Å². The minimum absolute atomic E-state index is 0.212. The number of rotatable bonds is 7. The molecule has 0 bridgehead atoms. The summed E-state index contributed by atoms with van der Waals surface area (Å²) < 4.78 is 23.4. The average molecular weight is 316 g/mol. The van der Waals surface area contributed by atoms with E-state index in [4.69, 9.17) is 9.47 Å². The van der Waals surface area contributed by atoms with Gasteiger partial charge in [0.2, 0.25) is 0 Å². The van der Waals surface area contributed by atoms with Crippen molar-refractivity contribution in [3.05, 3.63) is 59.9 Å². The van der Waals surface area contributed by atoms with Gasteiger partial charge in [-0.15, -0.1) is 0 Å². The van der Waals surface area contributed by atoms with Crippen molar-refractivity contribution in [3.8, 4) is 11.5 Å². The van der Waals surface area contributed by atoms with Crippen LogP contribution >= 0.6 is 0 Å². The van der Waals surface area contributed by atoms with E-state index in [9.17, 15) is 9.18 Å².